The van der Waals surface area contributed by atoms with Crippen molar-refractivity contribution in [2.75, 3.05) is 18.5 Å². The van der Waals surface area contributed by atoms with Gasteiger partial charge in [0.05, 0.1) is 12.1 Å². The number of nitrogens with zero attached hydrogens (tertiary/aromatic N) is 2. The summed E-state index contributed by atoms with van der Waals surface area (Å²) < 4.78 is 10.8. The molecule has 2 heterocycles. The second kappa shape index (κ2) is 9.30. The van der Waals surface area contributed by atoms with E-state index in [4.69, 9.17) is 9.47 Å². The van der Waals surface area contributed by atoms with Gasteiger partial charge in [0.2, 0.25) is 5.88 Å². The van der Waals surface area contributed by atoms with Crippen LogP contribution in [0, 0.1) is 0 Å². The SMILES string of the molecule is C[C@H](Oc1ccc(C(=O)Nc2cccc(CN3CCOC3=O)c2)cn1)c1ccccc1. The van der Waals surface area contributed by atoms with Crippen molar-refractivity contribution < 1.29 is 19.1 Å². The van der Waals surface area contributed by atoms with Gasteiger partial charge in [-0.3, -0.25) is 4.79 Å². The number of carbonyl (C=O) groups excluding carboxylic acids is 2. The van der Waals surface area contributed by atoms with Crippen LogP contribution in [0.25, 0.3) is 0 Å². The molecule has 0 unspecified atom stereocenters. The maximum atomic E-state index is 12.6. The van der Waals surface area contributed by atoms with Gasteiger partial charge in [-0.05, 0) is 36.2 Å². The molecule has 0 spiro atoms. The van der Waals surface area contributed by atoms with Crippen LogP contribution >= 0.6 is 0 Å². The summed E-state index contributed by atoms with van der Waals surface area (Å²) >= 11 is 0. The fourth-order valence-corrected chi connectivity index (χ4v) is 3.30. The number of anilines is 1. The average Bonchev–Trinajstić information content (AvgIpc) is 3.19. The molecule has 31 heavy (non-hydrogen) atoms. The van der Waals surface area contributed by atoms with Gasteiger partial charge in [-0.15, -0.1) is 0 Å². The van der Waals surface area contributed by atoms with Gasteiger partial charge in [0.15, 0.2) is 0 Å². The highest BCUT2D eigenvalue weighted by atomic mass is 16.6. The fourth-order valence-electron chi connectivity index (χ4n) is 3.30. The third kappa shape index (κ3) is 5.19. The highest BCUT2D eigenvalue weighted by molar-refractivity contribution is 6.04. The molecule has 0 bridgehead atoms. The van der Waals surface area contributed by atoms with Crippen molar-refractivity contribution in [3.05, 3.63) is 89.6 Å². The average molecular weight is 417 g/mol. The summed E-state index contributed by atoms with van der Waals surface area (Å²) in [6.07, 6.45) is 1.03. The van der Waals surface area contributed by atoms with Crippen LogP contribution in [0.3, 0.4) is 0 Å². The highest BCUT2D eigenvalue weighted by Crippen LogP contribution is 2.20. The number of aromatic nitrogens is 1. The van der Waals surface area contributed by atoms with E-state index in [2.05, 4.69) is 10.3 Å². The molecular weight excluding hydrogens is 394 g/mol. The van der Waals surface area contributed by atoms with Gasteiger partial charge in [0.1, 0.15) is 12.7 Å². The second-order valence-corrected chi connectivity index (χ2v) is 7.25. The standard InChI is InChI=1S/C24H23N3O4/c1-17(19-7-3-2-4-8-19)31-22-11-10-20(15-25-22)23(28)26-21-9-5-6-18(14-21)16-27-12-13-30-24(27)29/h2-11,14-15,17H,12-13,16H2,1H3,(H,26,28)/t17-/m0/s1. The summed E-state index contributed by atoms with van der Waals surface area (Å²) in [6, 6.07) is 20.6. The van der Waals surface area contributed by atoms with Crippen LogP contribution in [0.5, 0.6) is 5.88 Å². The minimum absolute atomic E-state index is 0.149. The summed E-state index contributed by atoms with van der Waals surface area (Å²) in [5.74, 6) is 0.181. The fraction of sp³-hybridized carbons (Fsp3) is 0.208. The number of ether oxygens (including phenoxy) is 2. The summed E-state index contributed by atoms with van der Waals surface area (Å²) in [7, 11) is 0. The number of benzene rings is 2. The first-order valence-corrected chi connectivity index (χ1v) is 10.1. The second-order valence-electron chi connectivity index (χ2n) is 7.25. The minimum atomic E-state index is -0.315. The minimum Gasteiger partial charge on any atom is -0.470 e. The van der Waals surface area contributed by atoms with Crippen molar-refractivity contribution >= 4 is 17.7 Å². The summed E-state index contributed by atoms with van der Waals surface area (Å²) in [6.45, 7) is 3.37. The Labute approximate surface area is 180 Å². The van der Waals surface area contributed by atoms with Gasteiger partial charge in [0.25, 0.3) is 5.91 Å². The van der Waals surface area contributed by atoms with E-state index in [9.17, 15) is 9.59 Å². The van der Waals surface area contributed by atoms with Crippen LogP contribution in [0.4, 0.5) is 10.5 Å². The maximum Gasteiger partial charge on any atom is 0.410 e. The highest BCUT2D eigenvalue weighted by Gasteiger charge is 2.21. The van der Waals surface area contributed by atoms with E-state index >= 15 is 0 Å². The Morgan fingerprint density at radius 2 is 2.00 bits per heavy atom. The molecule has 1 aromatic heterocycles. The van der Waals surface area contributed by atoms with E-state index in [1.54, 1.807) is 23.1 Å². The Bertz CT molecular complexity index is 1050. The molecular formula is C24H23N3O4. The molecule has 2 aromatic carbocycles. The number of hydrogen-bond donors (Lipinski definition) is 1. The lowest BCUT2D eigenvalue weighted by molar-refractivity contribution is 0.102. The summed E-state index contributed by atoms with van der Waals surface area (Å²) in [4.78, 5) is 30.1. The summed E-state index contributed by atoms with van der Waals surface area (Å²) in [5.41, 5.74) is 3.03. The Kier molecular flexibility index (Phi) is 6.12. The molecule has 4 rings (SSSR count). The molecule has 0 aliphatic carbocycles. The van der Waals surface area contributed by atoms with Crippen molar-refractivity contribution in [3.8, 4) is 5.88 Å². The van der Waals surface area contributed by atoms with Crippen molar-refractivity contribution in [3.63, 3.8) is 0 Å². The largest absolute Gasteiger partial charge is 0.470 e. The van der Waals surface area contributed by atoms with E-state index in [-0.39, 0.29) is 18.1 Å². The van der Waals surface area contributed by atoms with Crippen LogP contribution in [-0.2, 0) is 11.3 Å². The van der Waals surface area contributed by atoms with Crippen LogP contribution in [-0.4, -0.2) is 35.0 Å². The maximum absolute atomic E-state index is 12.6. The number of cyclic esters (lactones) is 1. The van der Waals surface area contributed by atoms with Gasteiger partial charge in [-0.1, -0.05) is 42.5 Å². The molecule has 7 heteroatoms. The number of rotatable bonds is 7. The van der Waals surface area contributed by atoms with Crippen LogP contribution < -0.4 is 10.1 Å². The zero-order valence-electron chi connectivity index (χ0n) is 17.2. The zero-order valence-corrected chi connectivity index (χ0v) is 17.2. The molecule has 1 fully saturated rings. The molecule has 2 amide bonds. The van der Waals surface area contributed by atoms with Gasteiger partial charge >= 0.3 is 6.09 Å². The molecule has 0 saturated carbocycles. The Morgan fingerprint density at radius 1 is 1.16 bits per heavy atom. The zero-order chi connectivity index (χ0) is 21.6. The first-order chi connectivity index (χ1) is 15.1. The van der Waals surface area contributed by atoms with Gasteiger partial charge in [-0.25, -0.2) is 9.78 Å². The predicted octanol–water partition coefficient (Wildman–Crippen LogP) is 4.43. The lowest BCUT2D eigenvalue weighted by Crippen LogP contribution is -2.23. The van der Waals surface area contributed by atoms with Gasteiger partial charge < -0.3 is 19.7 Å². The number of carbonyl (C=O) groups is 2. The van der Waals surface area contributed by atoms with Crippen molar-refractivity contribution in [1.29, 1.82) is 0 Å². The number of pyridine rings is 1. The molecule has 1 saturated heterocycles. The number of amides is 2. The first-order valence-electron chi connectivity index (χ1n) is 10.1. The molecule has 1 aliphatic rings. The van der Waals surface area contributed by atoms with E-state index < -0.39 is 0 Å². The predicted molar refractivity (Wildman–Crippen MR) is 116 cm³/mol. The molecule has 7 nitrogen and oxygen atoms in total. The molecule has 1 aliphatic heterocycles. The monoisotopic (exact) mass is 417 g/mol. The Morgan fingerprint density at radius 3 is 2.71 bits per heavy atom. The topological polar surface area (TPSA) is 80.8 Å². The van der Waals surface area contributed by atoms with Gasteiger partial charge in [0, 0.05) is 24.5 Å². The molecule has 3 aromatic rings. The lowest BCUT2D eigenvalue weighted by atomic mass is 10.1. The van der Waals surface area contributed by atoms with Crippen LogP contribution in [0.15, 0.2) is 72.9 Å². The van der Waals surface area contributed by atoms with E-state index in [1.165, 1.54) is 6.20 Å². The van der Waals surface area contributed by atoms with Crippen molar-refractivity contribution in [2.45, 2.75) is 19.6 Å². The third-order valence-electron chi connectivity index (χ3n) is 4.97. The van der Waals surface area contributed by atoms with Crippen molar-refractivity contribution in [1.82, 2.24) is 9.88 Å². The summed E-state index contributed by atoms with van der Waals surface area (Å²) in [5, 5.41) is 2.87. The van der Waals surface area contributed by atoms with Crippen LogP contribution in [0.2, 0.25) is 0 Å². The normalized spacial score (nSPS) is 14.1. The first kappa shape index (κ1) is 20.4. The third-order valence-corrected chi connectivity index (χ3v) is 4.97. The lowest BCUT2D eigenvalue weighted by Gasteiger charge is -2.14. The van der Waals surface area contributed by atoms with Gasteiger partial charge in [-0.2, -0.15) is 0 Å². The quantitative estimate of drug-likeness (QED) is 0.615. The van der Waals surface area contributed by atoms with Crippen molar-refractivity contribution in [2.24, 2.45) is 0 Å². The van der Waals surface area contributed by atoms with E-state index in [1.807, 2.05) is 55.5 Å². The number of nitrogens with one attached hydrogen (secondary N) is 1. The van der Waals surface area contributed by atoms with Crippen LogP contribution in [0.1, 0.15) is 34.5 Å². The molecule has 158 valence electrons. The Balaban J connectivity index is 1.36. The van der Waals surface area contributed by atoms with E-state index in [0.717, 1.165) is 11.1 Å². The molecule has 1 atom stereocenters. The number of hydrogen-bond acceptors (Lipinski definition) is 5. The Hall–Kier alpha value is -3.87. The molecule has 0 radical (unpaired) electrons. The smallest absolute Gasteiger partial charge is 0.410 e. The van der Waals surface area contributed by atoms with E-state index in [0.29, 0.717) is 36.8 Å². The molecule has 1 N–H and O–H groups in total.